The zero-order chi connectivity index (χ0) is 15.0. The molecule has 1 aliphatic rings. The van der Waals surface area contributed by atoms with Gasteiger partial charge in [0.2, 0.25) is 0 Å². The van der Waals surface area contributed by atoms with Crippen LogP contribution in [-0.4, -0.2) is 0 Å². The third kappa shape index (κ3) is 3.20. The molecule has 2 atom stereocenters. The number of nitrogens with two attached hydrogens (primary N) is 1. The van der Waals surface area contributed by atoms with Gasteiger partial charge in [0.05, 0.1) is 0 Å². The third-order valence-corrected chi connectivity index (χ3v) is 4.83. The first-order chi connectivity index (χ1) is 9.22. The van der Waals surface area contributed by atoms with E-state index in [-0.39, 0.29) is 5.41 Å². The van der Waals surface area contributed by atoms with Crippen LogP contribution in [-0.2, 0) is 5.54 Å². The summed E-state index contributed by atoms with van der Waals surface area (Å²) in [5.74, 6) is -0.972. The van der Waals surface area contributed by atoms with Crippen molar-refractivity contribution in [2.24, 2.45) is 17.1 Å². The van der Waals surface area contributed by atoms with Crippen molar-refractivity contribution >= 4 is 0 Å². The van der Waals surface area contributed by atoms with Crippen LogP contribution in [0.25, 0.3) is 0 Å². The number of halogens is 2. The van der Waals surface area contributed by atoms with E-state index >= 15 is 0 Å². The molecule has 0 saturated heterocycles. The van der Waals surface area contributed by atoms with Crippen LogP contribution < -0.4 is 5.73 Å². The van der Waals surface area contributed by atoms with Crippen LogP contribution >= 0.6 is 0 Å². The summed E-state index contributed by atoms with van der Waals surface area (Å²) in [5.41, 5.74) is 7.00. The van der Waals surface area contributed by atoms with Crippen molar-refractivity contribution in [1.82, 2.24) is 0 Å². The van der Waals surface area contributed by atoms with Gasteiger partial charge in [0.25, 0.3) is 0 Å². The third-order valence-electron chi connectivity index (χ3n) is 4.83. The first kappa shape index (κ1) is 15.4. The minimum atomic E-state index is -0.807. The first-order valence-corrected chi connectivity index (χ1v) is 7.47. The van der Waals surface area contributed by atoms with Crippen LogP contribution in [0.2, 0.25) is 0 Å². The number of hydrogen-bond acceptors (Lipinski definition) is 1. The fraction of sp³-hybridized carbons (Fsp3) is 0.647. The number of benzene rings is 1. The maximum atomic E-state index is 13.4. The molecule has 2 unspecified atom stereocenters. The predicted octanol–water partition coefficient (Wildman–Crippen LogP) is 4.75. The maximum absolute atomic E-state index is 13.4. The lowest BCUT2D eigenvalue weighted by molar-refractivity contribution is 0.210. The highest BCUT2D eigenvalue weighted by Gasteiger charge is 2.35. The van der Waals surface area contributed by atoms with E-state index in [2.05, 4.69) is 20.8 Å². The predicted molar refractivity (Wildman–Crippen MR) is 78.3 cm³/mol. The normalized spacial score (nSPS) is 28.2. The smallest absolute Gasteiger partial charge is 0.159 e. The second-order valence-corrected chi connectivity index (χ2v) is 7.28. The van der Waals surface area contributed by atoms with Gasteiger partial charge in [-0.15, -0.1) is 0 Å². The lowest BCUT2D eigenvalue weighted by Gasteiger charge is -2.31. The molecule has 112 valence electrons. The topological polar surface area (TPSA) is 26.0 Å². The maximum Gasteiger partial charge on any atom is 0.159 e. The van der Waals surface area contributed by atoms with Crippen LogP contribution in [0.4, 0.5) is 8.78 Å². The van der Waals surface area contributed by atoms with Crippen LogP contribution in [0.3, 0.4) is 0 Å². The van der Waals surface area contributed by atoms with Gasteiger partial charge in [0.15, 0.2) is 11.6 Å². The van der Waals surface area contributed by atoms with Gasteiger partial charge >= 0.3 is 0 Å². The van der Waals surface area contributed by atoms with E-state index in [1.54, 1.807) is 6.07 Å². The van der Waals surface area contributed by atoms with E-state index < -0.39 is 17.2 Å². The lowest BCUT2D eigenvalue weighted by Crippen LogP contribution is -2.36. The molecule has 0 aromatic heterocycles. The van der Waals surface area contributed by atoms with E-state index in [1.165, 1.54) is 12.1 Å². The molecule has 2 N–H and O–H groups in total. The van der Waals surface area contributed by atoms with Crippen molar-refractivity contribution in [2.75, 3.05) is 0 Å². The van der Waals surface area contributed by atoms with Gasteiger partial charge in [-0.05, 0) is 54.7 Å². The number of hydrogen-bond donors (Lipinski definition) is 1. The Morgan fingerprint density at radius 2 is 1.80 bits per heavy atom. The van der Waals surface area contributed by atoms with Gasteiger partial charge in [-0.3, -0.25) is 0 Å². The SMILES string of the molecule is CC(C)(C)C1CCCC(N)(c2ccc(F)c(F)c2)CC1. The van der Waals surface area contributed by atoms with Crippen molar-refractivity contribution in [1.29, 1.82) is 0 Å². The molecule has 0 aliphatic heterocycles. The Kier molecular flexibility index (Phi) is 4.19. The van der Waals surface area contributed by atoms with Crippen LogP contribution in [0.15, 0.2) is 18.2 Å². The summed E-state index contributed by atoms with van der Waals surface area (Å²) in [6.07, 6.45) is 4.91. The molecule has 1 aromatic rings. The van der Waals surface area contributed by atoms with E-state index in [1.807, 2.05) is 0 Å². The summed E-state index contributed by atoms with van der Waals surface area (Å²) in [6, 6.07) is 4.09. The fourth-order valence-electron chi connectivity index (χ4n) is 3.33. The van der Waals surface area contributed by atoms with Crippen molar-refractivity contribution in [3.63, 3.8) is 0 Å². The Morgan fingerprint density at radius 1 is 1.10 bits per heavy atom. The zero-order valence-corrected chi connectivity index (χ0v) is 12.7. The van der Waals surface area contributed by atoms with Crippen molar-refractivity contribution in [2.45, 2.75) is 58.4 Å². The second-order valence-electron chi connectivity index (χ2n) is 7.28. The minimum absolute atomic E-state index is 0.277. The summed E-state index contributed by atoms with van der Waals surface area (Å²) in [6.45, 7) is 6.79. The van der Waals surface area contributed by atoms with Gasteiger partial charge < -0.3 is 5.73 Å². The molecule has 1 saturated carbocycles. The highest BCUT2D eigenvalue weighted by molar-refractivity contribution is 5.26. The zero-order valence-electron chi connectivity index (χ0n) is 12.7. The molecule has 0 amide bonds. The van der Waals surface area contributed by atoms with Crippen molar-refractivity contribution in [3.05, 3.63) is 35.4 Å². The molecule has 3 heteroatoms. The molecular formula is C17H25F2N. The number of rotatable bonds is 1. The molecular weight excluding hydrogens is 256 g/mol. The molecule has 1 nitrogen and oxygen atoms in total. The minimum Gasteiger partial charge on any atom is -0.321 e. The summed E-state index contributed by atoms with van der Waals surface area (Å²) < 4.78 is 26.5. The monoisotopic (exact) mass is 281 g/mol. The van der Waals surface area contributed by atoms with E-state index in [4.69, 9.17) is 5.73 Å². The Hall–Kier alpha value is -0.960. The fourth-order valence-corrected chi connectivity index (χ4v) is 3.33. The largest absolute Gasteiger partial charge is 0.321 e. The van der Waals surface area contributed by atoms with Gasteiger partial charge in [-0.1, -0.05) is 33.3 Å². The second kappa shape index (κ2) is 5.44. The lowest BCUT2D eigenvalue weighted by atomic mass is 9.75. The molecule has 1 fully saturated rings. The van der Waals surface area contributed by atoms with Crippen molar-refractivity contribution < 1.29 is 8.78 Å². The Morgan fingerprint density at radius 3 is 2.40 bits per heavy atom. The molecule has 20 heavy (non-hydrogen) atoms. The van der Waals surface area contributed by atoms with Gasteiger partial charge in [-0.25, -0.2) is 8.78 Å². The standard InChI is InChI=1S/C17H25F2N/c1-16(2,3)12-5-4-9-17(20,10-8-12)13-6-7-14(18)15(19)11-13/h6-7,11-12H,4-5,8-10,20H2,1-3H3. The van der Waals surface area contributed by atoms with Crippen LogP contribution in [0, 0.1) is 23.0 Å². The average molecular weight is 281 g/mol. The van der Waals surface area contributed by atoms with Gasteiger partial charge in [0.1, 0.15) is 0 Å². The van der Waals surface area contributed by atoms with E-state index in [0.29, 0.717) is 5.92 Å². The molecule has 1 aromatic carbocycles. The highest BCUT2D eigenvalue weighted by atomic mass is 19.2. The molecule has 0 heterocycles. The molecule has 0 bridgehead atoms. The summed E-state index contributed by atoms with van der Waals surface area (Å²) in [4.78, 5) is 0. The Labute approximate surface area is 120 Å². The molecule has 0 radical (unpaired) electrons. The Bertz CT molecular complexity index is 478. The molecule has 2 rings (SSSR count). The Balaban J connectivity index is 2.20. The first-order valence-electron chi connectivity index (χ1n) is 7.47. The summed E-state index contributed by atoms with van der Waals surface area (Å²) in [7, 11) is 0. The quantitative estimate of drug-likeness (QED) is 0.739. The summed E-state index contributed by atoms with van der Waals surface area (Å²) in [5, 5.41) is 0. The van der Waals surface area contributed by atoms with Gasteiger partial charge in [0, 0.05) is 5.54 Å². The highest BCUT2D eigenvalue weighted by Crippen LogP contribution is 2.42. The van der Waals surface area contributed by atoms with Crippen LogP contribution in [0.5, 0.6) is 0 Å². The molecule has 0 spiro atoms. The van der Waals surface area contributed by atoms with E-state index in [9.17, 15) is 8.78 Å². The molecule has 1 aliphatic carbocycles. The summed E-state index contributed by atoms with van der Waals surface area (Å²) >= 11 is 0. The van der Waals surface area contributed by atoms with Crippen LogP contribution in [0.1, 0.15) is 58.4 Å². The van der Waals surface area contributed by atoms with E-state index in [0.717, 1.165) is 37.7 Å². The average Bonchev–Trinajstić information content (AvgIpc) is 2.55. The van der Waals surface area contributed by atoms with Crippen molar-refractivity contribution in [3.8, 4) is 0 Å². The van der Waals surface area contributed by atoms with Gasteiger partial charge in [-0.2, -0.15) is 0 Å².